The predicted molar refractivity (Wildman–Crippen MR) is 86.3 cm³/mol. The first kappa shape index (κ1) is 14.5. The minimum Gasteiger partial charge on any atom is -0.333 e. The molecule has 18 heavy (non-hydrogen) atoms. The second-order valence-electron chi connectivity index (χ2n) is 4.33. The Morgan fingerprint density at radius 2 is 1.94 bits per heavy atom. The van der Waals surface area contributed by atoms with Crippen LogP contribution in [-0.2, 0) is 0 Å². The van der Waals surface area contributed by atoms with Gasteiger partial charge < -0.3 is 5.32 Å². The van der Waals surface area contributed by atoms with Crippen LogP contribution in [-0.4, -0.2) is 17.0 Å². The predicted octanol–water partition coefficient (Wildman–Crippen LogP) is 5.30. The van der Waals surface area contributed by atoms with E-state index in [0.29, 0.717) is 22.0 Å². The highest BCUT2D eigenvalue weighted by Crippen LogP contribution is 2.35. The van der Waals surface area contributed by atoms with Gasteiger partial charge in [0.1, 0.15) is 0 Å². The first-order chi connectivity index (χ1) is 8.47. The summed E-state index contributed by atoms with van der Waals surface area (Å²) in [5.74, 6) is 1.65. The molecule has 2 unspecified atom stereocenters. The first-order valence-electron chi connectivity index (χ1n) is 5.59. The molecule has 98 valence electrons. The number of anilines is 1. The van der Waals surface area contributed by atoms with E-state index in [1.165, 1.54) is 0 Å². The second-order valence-corrected chi connectivity index (χ2v) is 7.07. The van der Waals surface area contributed by atoms with Crippen molar-refractivity contribution < 1.29 is 0 Å². The highest BCUT2D eigenvalue weighted by molar-refractivity contribution is 9.10. The maximum atomic E-state index is 6.18. The summed E-state index contributed by atoms with van der Waals surface area (Å²) < 4.78 is 0.864. The van der Waals surface area contributed by atoms with Gasteiger partial charge in [0.15, 0.2) is 5.17 Å². The van der Waals surface area contributed by atoms with E-state index >= 15 is 0 Å². The van der Waals surface area contributed by atoms with Crippen molar-refractivity contribution in [1.29, 1.82) is 0 Å². The largest absolute Gasteiger partial charge is 0.333 e. The Morgan fingerprint density at radius 1 is 1.33 bits per heavy atom. The Kier molecular flexibility index (Phi) is 4.86. The summed E-state index contributed by atoms with van der Waals surface area (Å²) in [6, 6.07) is 3.95. The van der Waals surface area contributed by atoms with Crippen LogP contribution in [0.25, 0.3) is 0 Å². The maximum Gasteiger partial charge on any atom is 0.161 e. The van der Waals surface area contributed by atoms with E-state index < -0.39 is 0 Å². The van der Waals surface area contributed by atoms with E-state index in [2.05, 4.69) is 40.1 Å². The van der Waals surface area contributed by atoms with Gasteiger partial charge in [0.2, 0.25) is 0 Å². The van der Waals surface area contributed by atoms with Gasteiger partial charge in [-0.1, -0.05) is 57.8 Å². The summed E-state index contributed by atoms with van der Waals surface area (Å²) in [4.78, 5) is 4.60. The van der Waals surface area contributed by atoms with Gasteiger partial charge >= 0.3 is 0 Å². The fourth-order valence-corrected chi connectivity index (χ4v) is 3.95. The molecule has 1 N–H and O–H groups in total. The molecule has 0 aliphatic carbocycles. The van der Waals surface area contributed by atoms with Crippen molar-refractivity contribution >= 4 is 61.7 Å². The zero-order valence-corrected chi connectivity index (χ0v) is 13.9. The number of hydrogen-bond donors (Lipinski definition) is 1. The van der Waals surface area contributed by atoms with Crippen molar-refractivity contribution in [2.45, 2.75) is 19.9 Å². The number of amidine groups is 1. The fourth-order valence-electron chi connectivity index (χ4n) is 1.54. The van der Waals surface area contributed by atoms with Crippen LogP contribution in [0.1, 0.15) is 13.8 Å². The van der Waals surface area contributed by atoms with Crippen LogP contribution >= 0.6 is 50.9 Å². The molecule has 0 aromatic heterocycles. The molecule has 0 fully saturated rings. The topological polar surface area (TPSA) is 24.4 Å². The molecule has 0 radical (unpaired) electrons. The summed E-state index contributed by atoms with van der Waals surface area (Å²) in [5, 5.41) is 5.28. The molecular weight excluding hydrogens is 355 g/mol. The average molecular weight is 368 g/mol. The van der Waals surface area contributed by atoms with Gasteiger partial charge in [-0.2, -0.15) is 0 Å². The molecule has 2 rings (SSSR count). The van der Waals surface area contributed by atoms with Crippen molar-refractivity contribution in [1.82, 2.24) is 0 Å². The van der Waals surface area contributed by atoms with Crippen LogP contribution in [0.4, 0.5) is 5.69 Å². The Hall–Kier alpha value is 0.1000. The molecule has 1 aliphatic rings. The molecule has 1 aromatic carbocycles. The molecule has 1 heterocycles. The van der Waals surface area contributed by atoms with Gasteiger partial charge in [0.05, 0.1) is 21.8 Å². The van der Waals surface area contributed by atoms with Gasteiger partial charge in [0, 0.05) is 10.2 Å². The number of nitrogens with zero attached hydrogens (tertiary/aromatic N) is 1. The van der Waals surface area contributed by atoms with Crippen molar-refractivity contribution in [2.24, 2.45) is 10.9 Å². The van der Waals surface area contributed by atoms with E-state index in [-0.39, 0.29) is 0 Å². The smallest absolute Gasteiger partial charge is 0.161 e. The summed E-state index contributed by atoms with van der Waals surface area (Å²) in [5.41, 5.74) is 0.717. The number of thioether (sulfide) groups is 1. The summed E-state index contributed by atoms with van der Waals surface area (Å²) in [6.45, 7) is 4.33. The molecule has 0 amide bonds. The molecule has 0 spiro atoms. The second kappa shape index (κ2) is 6.04. The summed E-state index contributed by atoms with van der Waals surface area (Å²) >= 11 is 17.4. The van der Waals surface area contributed by atoms with Gasteiger partial charge in [0.25, 0.3) is 0 Å². The van der Waals surface area contributed by atoms with Gasteiger partial charge in [-0.3, -0.25) is 4.99 Å². The molecular formula is C12H13BrCl2N2S. The third-order valence-corrected chi connectivity index (χ3v) is 5.09. The SMILES string of the molecule is CC1CSC(Nc2c(Cl)cc(Br)cc2Cl)=NC1C. The third-order valence-electron chi connectivity index (χ3n) is 2.87. The van der Waals surface area contributed by atoms with Crippen LogP contribution in [0.15, 0.2) is 21.6 Å². The van der Waals surface area contributed by atoms with Gasteiger partial charge in [-0.25, -0.2) is 0 Å². The number of hydrogen-bond acceptors (Lipinski definition) is 3. The molecule has 1 aromatic rings. The van der Waals surface area contributed by atoms with Crippen LogP contribution < -0.4 is 5.32 Å². The number of benzene rings is 1. The van der Waals surface area contributed by atoms with Crippen LogP contribution in [0.3, 0.4) is 0 Å². The monoisotopic (exact) mass is 366 g/mol. The lowest BCUT2D eigenvalue weighted by Crippen LogP contribution is -2.25. The van der Waals surface area contributed by atoms with E-state index in [0.717, 1.165) is 21.1 Å². The van der Waals surface area contributed by atoms with Gasteiger partial charge in [-0.05, 0) is 25.0 Å². The minimum absolute atomic E-state index is 0.321. The van der Waals surface area contributed by atoms with Crippen molar-refractivity contribution in [3.8, 4) is 0 Å². The Bertz CT molecular complexity index is 470. The van der Waals surface area contributed by atoms with Crippen LogP contribution in [0.2, 0.25) is 10.0 Å². The number of rotatable bonds is 1. The highest BCUT2D eigenvalue weighted by Gasteiger charge is 2.20. The first-order valence-corrected chi connectivity index (χ1v) is 8.13. The molecule has 0 bridgehead atoms. The van der Waals surface area contributed by atoms with Crippen molar-refractivity contribution in [3.05, 3.63) is 26.7 Å². The molecule has 1 aliphatic heterocycles. The molecule has 0 saturated carbocycles. The average Bonchev–Trinajstić information content (AvgIpc) is 2.28. The lowest BCUT2D eigenvalue weighted by Gasteiger charge is -2.24. The third kappa shape index (κ3) is 3.35. The Morgan fingerprint density at radius 3 is 2.50 bits per heavy atom. The van der Waals surface area contributed by atoms with E-state index in [4.69, 9.17) is 23.2 Å². The summed E-state index contributed by atoms with van der Waals surface area (Å²) in [7, 11) is 0. The molecule has 2 atom stereocenters. The normalized spacial score (nSPS) is 23.7. The zero-order chi connectivity index (χ0) is 13.3. The van der Waals surface area contributed by atoms with Crippen LogP contribution in [0.5, 0.6) is 0 Å². The maximum absolute atomic E-state index is 6.18. The van der Waals surface area contributed by atoms with Crippen molar-refractivity contribution in [3.63, 3.8) is 0 Å². The highest BCUT2D eigenvalue weighted by atomic mass is 79.9. The fraction of sp³-hybridized carbons (Fsp3) is 0.417. The Balaban J connectivity index is 2.23. The van der Waals surface area contributed by atoms with Crippen LogP contribution in [0, 0.1) is 5.92 Å². The van der Waals surface area contributed by atoms with Gasteiger partial charge in [-0.15, -0.1) is 0 Å². The van der Waals surface area contributed by atoms with E-state index in [1.54, 1.807) is 11.8 Å². The number of halogens is 3. The molecule has 2 nitrogen and oxygen atoms in total. The standard InChI is InChI=1S/C12H13BrCl2N2S/c1-6-5-18-12(16-7(6)2)17-11-9(14)3-8(13)4-10(11)15/h3-4,6-7H,5H2,1-2H3,(H,16,17). The van der Waals surface area contributed by atoms with Crippen molar-refractivity contribution in [2.75, 3.05) is 11.1 Å². The minimum atomic E-state index is 0.321. The Labute approximate surface area is 130 Å². The zero-order valence-electron chi connectivity index (χ0n) is 10.0. The summed E-state index contributed by atoms with van der Waals surface area (Å²) in [6.07, 6.45) is 0. The molecule has 6 heteroatoms. The lowest BCUT2D eigenvalue weighted by molar-refractivity contribution is 0.537. The van der Waals surface area contributed by atoms with E-state index in [1.807, 2.05) is 12.1 Å². The quantitative estimate of drug-likeness (QED) is 0.728. The number of aliphatic imine (C=N–C) groups is 1. The van der Waals surface area contributed by atoms with E-state index in [9.17, 15) is 0 Å². The lowest BCUT2D eigenvalue weighted by atomic mass is 10.1. The molecule has 0 saturated heterocycles. The number of nitrogens with one attached hydrogen (secondary N) is 1.